The van der Waals surface area contributed by atoms with Crippen molar-refractivity contribution in [1.29, 1.82) is 0 Å². The molecule has 2 nitrogen and oxygen atoms in total. The Morgan fingerprint density at radius 1 is 0.793 bits per heavy atom. The predicted molar refractivity (Wildman–Crippen MR) is 119 cm³/mol. The predicted octanol–water partition coefficient (Wildman–Crippen LogP) is 6.46. The maximum Gasteiger partial charge on any atom is 0.104 e. The molecular weight excluding hydrogens is 356 g/mol. The second kappa shape index (κ2) is 7.80. The lowest BCUT2D eigenvalue weighted by Crippen LogP contribution is -2.59. The van der Waals surface area contributed by atoms with Gasteiger partial charge in [-0.15, -0.1) is 0 Å². The van der Waals surface area contributed by atoms with E-state index in [1.54, 1.807) is 64.2 Å². The number of hydrogen-bond donors (Lipinski definition) is 1. The first-order chi connectivity index (χ1) is 14.0. The lowest BCUT2D eigenvalue weighted by atomic mass is 9.38. The minimum atomic E-state index is 0.190. The van der Waals surface area contributed by atoms with Crippen molar-refractivity contribution in [2.45, 2.75) is 104 Å². The fourth-order valence-corrected chi connectivity index (χ4v) is 10.0. The Morgan fingerprint density at radius 3 is 2.31 bits per heavy atom. The maximum atomic E-state index is 8.08. The van der Waals surface area contributed by atoms with Gasteiger partial charge in [-0.25, -0.2) is 0 Å². The normalized spacial score (nSPS) is 55.4. The average molecular weight is 403 g/mol. The van der Waals surface area contributed by atoms with Gasteiger partial charge >= 0.3 is 0 Å². The Morgan fingerprint density at radius 2 is 1.59 bits per heavy atom. The number of epoxide rings is 1. The molecule has 6 rings (SSSR count). The van der Waals surface area contributed by atoms with Crippen LogP contribution in [0.2, 0.25) is 0 Å². The van der Waals surface area contributed by atoms with E-state index in [1.807, 2.05) is 0 Å². The molecule has 1 aliphatic heterocycles. The third kappa shape index (κ3) is 3.43. The van der Waals surface area contributed by atoms with Crippen molar-refractivity contribution in [3.63, 3.8) is 0 Å². The molecule has 29 heavy (non-hydrogen) atoms. The van der Waals surface area contributed by atoms with E-state index >= 15 is 0 Å². The maximum absolute atomic E-state index is 8.08. The molecule has 5 saturated carbocycles. The first-order valence-electron chi connectivity index (χ1n) is 13.2. The summed E-state index contributed by atoms with van der Waals surface area (Å²) in [4.78, 5) is 0. The van der Waals surface area contributed by atoms with Gasteiger partial charge in [-0.05, 0) is 104 Å². The monoisotopic (exact) mass is 402 g/mol. The minimum absolute atomic E-state index is 0.190. The van der Waals surface area contributed by atoms with Gasteiger partial charge in [-0.2, -0.15) is 0 Å². The van der Waals surface area contributed by atoms with Crippen LogP contribution in [0.3, 0.4) is 0 Å². The highest BCUT2D eigenvalue weighted by atomic mass is 16.6. The van der Waals surface area contributed by atoms with Crippen molar-refractivity contribution in [1.82, 2.24) is 0 Å². The van der Waals surface area contributed by atoms with E-state index in [0.717, 1.165) is 48.0 Å². The van der Waals surface area contributed by atoms with E-state index in [0.29, 0.717) is 10.8 Å². The summed E-state index contributed by atoms with van der Waals surface area (Å²) < 4.78 is 4.61. The van der Waals surface area contributed by atoms with Crippen LogP contribution in [0, 0.1) is 52.3 Å². The van der Waals surface area contributed by atoms with E-state index in [9.17, 15) is 0 Å². The Balaban J connectivity index is 0.000000319. The van der Waals surface area contributed by atoms with Gasteiger partial charge < -0.3 is 9.84 Å². The van der Waals surface area contributed by atoms with Gasteiger partial charge in [-0.3, -0.25) is 0 Å². The Labute approximate surface area is 179 Å². The van der Waals surface area contributed by atoms with Crippen molar-refractivity contribution in [3.05, 3.63) is 0 Å². The molecule has 10 unspecified atom stereocenters. The summed E-state index contributed by atoms with van der Waals surface area (Å²) in [7, 11) is 0. The van der Waals surface area contributed by atoms with Crippen molar-refractivity contribution in [2.75, 3.05) is 13.2 Å². The van der Waals surface area contributed by atoms with Crippen LogP contribution < -0.4 is 0 Å². The lowest BCUT2D eigenvalue weighted by Gasteiger charge is -2.66. The zero-order valence-electron chi connectivity index (χ0n) is 19.4. The average Bonchev–Trinajstić information content (AvgIpc) is 3.43. The summed E-state index contributed by atoms with van der Waals surface area (Å²) in [6.07, 6.45) is 19.0. The Hall–Kier alpha value is -0.0800. The van der Waals surface area contributed by atoms with Crippen LogP contribution >= 0.6 is 0 Å². The van der Waals surface area contributed by atoms with Crippen LogP contribution in [0.25, 0.3) is 0 Å². The molecule has 1 saturated heterocycles. The van der Waals surface area contributed by atoms with Gasteiger partial charge in [-0.1, -0.05) is 46.5 Å². The Kier molecular flexibility index (Phi) is 5.60. The third-order valence-corrected chi connectivity index (χ3v) is 11.4. The summed E-state index contributed by atoms with van der Waals surface area (Å²) in [6, 6.07) is 0. The molecule has 166 valence electrons. The van der Waals surface area contributed by atoms with Crippen LogP contribution in [0.1, 0.15) is 97.8 Å². The van der Waals surface area contributed by atoms with Crippen molar-refractivity contribution in [3.8, 4) is 0 Å². The van der Waals surface area contributed by atoms with Crippen LogP contribution in [-0.2, 0) is 4.74 Å². The van der Waals surface area contributed by atoms with Gasteiger partial charge in [0.25, 0.3) is 0 Å². The van der Waals surface area contributed by atoms with E-state index in [2.05, 4.69) is 25.5 Å². The lowest BCUT2D eigenvalue weighted by molar-refractivity contribution is -0.174. The molecule has 0 bridgehead atoms. The van der Waals surface area contributed by atoms with Gasteiger partial charge in [0.15, 0.2) is 0 Å². The van der Waals surface area contributed by atoms with Crippen LogP contribution in [-0.4, -0.2) is 24.4 Å². The zero-order chi connectivity index (χ0) is 20.2. The zero-order valence-corrected chi connectivity index (χ0v) is 19.4. The highest BCUT2D eigenvalue weighted by Crippen LogP contribution is 2.70. The summed E-state index contributed by atoms with van der Waals surface area (Å²) in [5, 5.41) is 8.08. The van der Waals surface area contributed by atoms with Crippen molar-refractivity contribution >= 4 is 0 Å². The van der Waals surface area contributed by atoms with Crippen LogP contribution in [0.5, 0.6) is 0 Å². The number of rotatable bonds is 1. The minimum Gasteiger partial charge on any atom is -0.394 e. The number of fused-ring (bicyclic) bond motifs is 7. The first kappa shape index (κ1) is 20.8. The number of hydrogen-bond acceptors (Lipinski definition) is 2. The molecule has 6 fully saturated rings. The van der Waals surface area contributed by atoms with Crippen LogP contribution in [0.4, 0.5) is 0 Å². The molecule has 6 aliphatic rings. The van der Waals surface area contributed by atoms with Gasteiger partial charge in [0, 0.05) is 0 Å². The molecule has 1 N–H and O–H groups in total. The van der Waals surface area contributed by atoms with E-state index in [-0.39, 0.29) is 12.7 Å². The number of ether oxygens (including phenoxy) is 1. The molecule has 0 aromatic carbocycles. The van der Waals surface area contributed by atoms with Gasteiger partial charge in [0.1, 0.15) is 6.10 Å². The molecule has 1 heterocycles. The Bertz CT molecular complexity index is 585. The number of aliphatic hydroxyl groups excluding tert-OH is 1. The van der Waals surface area contributed by atoms with Gasteiger partial charge in [0.05, 0.1) is 13.2 Å². The molecule has 2 heteroatoms. The van der Waals surface area contributed by atoms with Gasteiger partial charge in [0.2, 0.25) is 0 Å². The molecule has 0 amide bonds. The molecule has 10 atom stereocenters. The summed E-state index contributed by atoms with van der Waals surface area (Å²) >= 11 is 0. The molecule has 5 aliphatic carbocycles. The van der Waals surface area contributed by atoms with E-state index in [4.69, 9.17) is 5.11 Å². The smallest absolute Gasteiger partial charge is 0.104 e. The van der Waals surface area contributed by atoms with Crippen molar-refractivity contribution in [2.24, 2.45) is 52.3 Å². The van der Waals surface area contributed by atoms with E-state index < -0.39 is 0 Å². The fourth-order valence-electron chi connectivity index (χ4n) is 10.0. The van der Waals surface area contributed by atoms with Crippen molar-refractivity contribution < 1.29 is 9.84 Å². The second-order valence-corrected chi connectivity index (χ2v) is 12.5. The standard InChI is InChI=1S/C24H40.C3H6O2/c1-16-6-5-14-23(2)20(16)13-15-24(3)21-11-9-17-7-4-8-18(17)19(21)10-12-22(23)24;4-1-3-2-5-3/h16-22H,4-15H2,1-3H3;3-4H,1-2H2. The molecule has 0 aromatic rings. The third-order valence-electron chi connectivity index (χ3n) is 11.4. The van der Waals surface area contributed by atoms with E-state index in [1.165, 1.54) is 12.8 Å². The highest BCUT2D eigenvalue weighted by molar-refractivity contribution is 5.11. The molecule has 0 aromatic heterocycles. The molecule has 0 spiro atoms. The topological polar surface area (TPSA) is 32.8 Å². The SMILES string of the molecule is CC1CCCC2(C)C1CCC1(C)C3CCC4CCCC4C3CCC21.OCC1CO1. The first-order valence-corrected chi connectivity index (χ1v) is 13.2. The summed E-state index contributed by atoms with van der Waals surface area (Å²) in [6.45, 7) is 9.07. The quantitative estimate of drug-likeness (QED) is 0.511. The molecular formula is C27H46O2. The summed E-state index contributed by atoms with van der Waals surface area (Å²) in [5.74, 6) is 7.57. The molecule has 0 radical (unpaired) electrons. The fraction of sp³-hybridized carbons (Fsp3) is 1.00. The largest absolute Gasteiger partial charge is 0.394 e. The van der Waals surface area contributed by atoms with Crippen LogP contribution in [0.15, 0.2) is 0 Å². The summed E-state index contributed by atoms with van der Waals surface area (Å²) in [5.41, 5.74) is 1.38. The number of aliphatic hydroxyl groups is 1. The highest BCUT2D eigenvalue weighted by Gasteiger charge is 2.61. The second-order valence-electron chi connectivity index (χ2n) is 12.5.